The van der Waals surface area contributed by atoms with Gasteiger partial charge in [0.05, 0.1) is 18.9 Å². The molecule has 2 N–H and O–H groups in total. The summed E-state index contributed by atoms with van der Waals surface area (Å²) in [5.74, 6) is 0.962. The van der Waals surface area contributed by atoms with Crippen LogP contribution in [0, 0.1) is 19.7 Å². The van der Waals surface area contributed by atoms with Gasteiger partial charge in [-0.25, -0.2) is 4.39 Å². The Morgan fingerprint density at radius 2 is 1.69 bits per heavy atom. The molecule has 0 aliphatic carbocycles. The van der Waals surface area contributed by atoms with Gasteiger partial charge in [-0.05, 0) is 80.4 Å². The minimum atomic E-state index is -0.428. The molecule has 1 aromatic heterocycles. The molecule has 0 unspecified atom stereocenters. The summed E-state index contributed by atoms with van der Waals surface area (Å²) in [6, 6.07) is 19.6. The first kappa shape index (κ1) is 25.2. The van der Waals surface area contributed by atoms with Crippen LogP contribution in [0.2, 0.25) is 0 Å². The van der Waals surface area contributed by atoms with E-state index in [0.717, 1.165) is 33.9 Å². The van der Waals surface area contributed by atoms with Crippen molar-refractivity contribution in [2.75, 3.05) is 17.7 Å². The number of nitrogens with one attached hydrogen (secondary N) is 2. The van der Waals surface area contributed by atoms with E-state index in [-0.39, 0.29) is 11.7 Å². The number of aromatic nitrogens is 3. The number of halogens is 1. The largest absolute Gasteiger partial charge is 0.497 e. The second-order valence-electron chi connectivity index (χ2n) is 8.31. The lowest BCUT2D eigenvalue weighted by Crippen LogP contribution is -2.24. The van der Waals surface area contributed by atoms with Gasteiger partial charge in [0.15, 0.2) is 11.0 Å². The van der Waals surface area contributed by atoms with Crippen molar-refractivity contribution in [1.29, 1.82) is 0 Å². The van der Waals surface area contributed by atoms with Crippen LogP contribution in [0.4, 0.5) is 15.8 Å². The van der Waals surface area contributed by atoms with Crippen LogP contribution < -0.4 is 15.4 Å². The number of hydrogen-bond donors (Lipinski definition) is 2. The van der Waals surface area contributed by atoms with Crippen molar-refractivity contribution < 1.29 is 13.9 Å². The standard InChI is InChI=1S/C27H28FN5O2S/c1-17-6-5-7-18(2)25(17)30-26(34)19(3)36-27-32-31-24(16-29-21-10-8-20(28)9-11-21)33(27)22-12-14-23(35-4)15-13-22/h5-15,19,29H,16H2,1-4H3,(H,30,34)/t19-/m0/s1. The monoisotopic (exact) mass is 505 g/mol. The van der Waals surface area contributed by atoms with Crippen molar-refractivity contribution >= 4 is 29.0 Å². The maximum Gasteiger partial charge on any atom is 0.237 e. The number of amides is 1. The Labute approximate surface area is 214 Å². The van der Waals surface area contributed by atoms with Crippen molar-refractivity contribution in [1.82, 2.24) is 14.8 Å². The van der Waals surface area contributed by atoms with Crippen LogP contribution in [0.15, 0.2) is 71.9 Å². The quantitative estimate of drug-likeness (QED) is 0.281. The first-order chi connectivity index (χ1) is 17.4. The highest BCUT2D eigenvalue weighted by Crippen LogP contribution is 2.29. The van der Waals surface area contributed by atoms with E-state index in [1.807, 2.05) is 67.8 Å². The molecule has 7 nitrogen and oxygen atoms in total. The van der Waals surface area contributed by atoms with Gasteiger partial charge < -0.3 is 15.4 Å². The number of hydrogen-bond acceptors (Lipinski definition) is 6. The van der Waals surface area contributed by atoms with Gasteiger partial charge in [-0.3, -0.25) is 9.36 Å². The number of carbonyl (C=O) groups is 1. The number of nitrogens with zero attached hydrogens (tertiary/aromatic N) is 3. The highest BCUT2D eigenvalue weighted by molar-refractivity contribution is 8.00. The van der Waals surface area contributed by atoms with E-state index in [9.17, 15) is 9.18 Å². The van der Waals surface area contributed by atoms with Crippen LogP contribution in [-0.2, 0) is 11.3 Å². The molecule has 0 radical (unpaired) electrons. The molecule has 9 heteroatoms. The fourth-order valence-corrected chi connectivity index (χ4v) is 4.57. The first-order valence-corrected chi connectivity index (χ1v) is 12.4. The third kappa shape index (κ3) is 5.85. The third-order valence-corrected chi connectivity index (χ3v) is 6.75. The summed E-state index contributed by atoms with van der Waals surface area (Å²) in [5.41, 5.74) is 4.45. The molecule has 1 amide bonds. The molecule has 4 aromatic rings. The average Bonchev–Trinajstić information content (AvgIpc) is 3.28. The molecule has 0 aliphatic rings. The average molecular weight is 506 g/mol. The van der Waals surface area contributed by atoms with E-state index in [1.54, 1.807) is 19.2 Å². The maximum atomic E-state index is 13.3. The Morgan fingerprint density at radius 1 is 1.03 bits per heavy atom. The Balaban J connectivity index is 1.58. The zero-order chi connectivity index (χ0) is 25.7. The molecule has 0 saturated heterocycles. The van der Waals surface area contributed by atoms with Gasteiger partial charge in [0.1, 0.15) is 11.6 Å². The smallest absolute Gasteiger partial charge is 0.237 e. The topological polar surface area (TPSA) is 81.1 Å². The summed E-state index contributed by atoms with van der Waals surface area (Å²) in [6.45, 7) is 6.15. The van der Waals surface area contributed by atoms with Gasteiger partial charge in [-0.15, -0.1) is 10.2 Å². The molecule has 36 heavy (non-hydrogen) atoms. The summed E-state index contributed by atoms with van der Waals surface area (Å²) in [7, 11) is 1.61. The number of para-hydroxylation sites is 1. The minimum Gasteiger partial charge on any atom is -0.497 e. The van der Waals surface area contributed by atoms with Crippen molar-refractivity contribution in [2.45, 2.75) is 37.7 Å². The zero-order valence-corrected chi connectivity index (χ0v) is 21.4. The van der Waals surface area contributed by atoms with Crippen LogP contribution in [-0.4, -0.2) is 33.0 Å². The molecule has 186 valence electrons. The predicted octanol–water partition coefficient (Wildman–Crippen LogP) is 5.76. The summed E-state index contributed by atoms with van der Waals surface area (Å²) < 4.78 is 20.5. The van der Waals surface area contributed by atoms with E-state index < -0.39 is 5.25 Å². The maximum absolute atomic E-state index is 13.3. The van der Waals surface area contributed by atoms with E-state index in [2.05, 4.69) is 20.8 Å². The number of carbonyl (C=O) groups excluding carboxylic acids is 1. The molecule has 3 aromatic carbocycles. The normalized spacial score (nSPS) is 11.7. The molecule has 4 rings (SSSR count). The molecular formula is C27H28FN5O2S. The summed E-state index contributed by atoms with van der Waals surface area (Å²) in [4.78, 5) is 13.0. The SMILES string of the molecule is COc1ccc(-n2c(CNc3ccc(F)cc3)nnc2S[C@@H](C)C(=O)Nc2c(C)cccc2C)cc1. The number of anilines is 2. The Bertz CT molecular complexity index is 1320. The highest BCUT2D eigenvalue weighted by atomic mass is 32.2. The lowest BCUT2D eigenvalue weighted by atomic mass is 10.1. The summed E-state index contributed by atoms with van der Waals surface area (Å²) in [6.07, 6.45) is 0. The lowest BCUT2D eigenvalue weighted by molar-refractivity contribution is -0.115. The number of rotatable bonds is 9. The van der Waals surface area contributed by atoms with Gasteiger partial charge in [0, 0.05) is 17.1 Å². The van der Waals surface area contributed by atoms with Crippen LogP contribution in [0.25, 0.3) is 5.69 Å². The van der Waals surface area contributed by atoms with Crippen LogP contribution in [0.3, 0.4) is 0 Å². The van der Waals surface area contributed by atoms with Crippen LogP contribution in [0.5, 0.6) is 5.75 Å². The summed E-state index contributed by atoms with van der Waals surface area (Å²) in [5, 5.41) is 15.2. The molecule has 0 bridgehead atoms. The number of ether oxygens (including phenoxy) is 1. The fourth-order valence-electron chi connectivity index (χ4n) is 3.68. The van der Waals surface area contributed by atoms with E-state index in [4.69, 9.17) is 4.74 Å². The van der Waals surface area contributed by atoms with Gasteiger partial charge in [-0.2, -0.15) is 0 Å². The van der Waals surface area contributed by atoms with Gasteiger partial charge in [0.2, 0.25) is 5.91 Å². The Hall–Kier alpha value is -3.85. The van der Waals surface area contributed by atoms with Crippen molar-refractivity contribution in [3.05, 3.63) is 89.5 Å². The van der Waals surface area contributed by atoms with E-state index in [0.29, 0.717) is 17.5 Å². The third-order valence-electron chi connectivity index (χ3n) is 5.71. The van der Waals surface area contributed by atoms with Crippen LogP contribution in [0.1, 0.15) is 23.9 Å². The van der Waals surface area contributed by atoms with Crippen molar-refractivity contribution in [3.8, 4) is 11.4 Å². The zero-order valence-electron chi connectivity index (χ0n) is 20.6. The molecule has 0 aliphatic heterocycles. The lowest BCUT2D eigenvalue weighted by Gasteiger charge is -2.16. The number of methoxy groups -OCH3 is 1. The molecular weight excluding hydrogens is 477 g/mol. The molecule has 0 saturated carbocycles. The molecule has 1 heterocycles. The second-order valence-corrected chi connectivity index (χ2v) is 9.62. The molecule has 0 spiro atoms. The number of thioether (sulfide) groups is 1. The second kappa shape index (κ2) is 11.3. The van der Waals surface area contributed by atoms with Gasteiger partial charge in [0.25, 0.3) is 0 Å². The number of benzene rings is 3. The van der Waals surface area contributed by atoms with Crippen LogP contribution >= 0.6 is 11.8 Å². The van der Waals surface area contributed by atoms with Crippen molar-refractivity contribution in [3.63, 3.8) is 0 Å². The Kier molecular flexibility index (Phi) is 7.90. The van der Waals surface area contributed by atoms with E-state index >= 15 is 0 Å². The summed E-state index contributed by atoms with van der Waals surface area (Å²) >= 11 is 1.33. The first-order valence-electron chi connectivity index (χ1n) is 11.5. The van der Waals surface area contributed by atoms with Gasteiger partial charge >= 0.3 is 0 Å². The minimum absolute atomic E-state index is 0.118. The predicted molar refractivity (Wildman–Crippen MR) is 142 cm³/mol. The van der Waals surface area contributed by atoms with Gasteiger partial charge in [-0.1, -0.05) is 30.0 Å². The molecule has 0 fully saturated rings. The number of aryl methyl sites for hydroxylation is 2. The molecule has 1 atom stereocenters. The van der Waals surface area contributed by atoms with Crippen molar-refractivity contribution in [2.24, 2.45) is 0 Å². The fraction of sp³-hybridized carbons (Fsp3) is 0.222. The Morgan fingerprint density at radius 3 is 2.33 bits per heavy atom. The van der Waals surface area contributed by atoms with E-state index in [1.165, 1.54) is 23.9 Å². The highest BCUT2D eigenvalue weighted by Gasteiger charge is 2.22.